The number of hydrogen-bond donors (Lipinski definition) is 2. The van der Waals surface area contributed by atoms with Crippen LogP contribution < -0.4 is 5.32 Å². The average molecular weight is 249 g/mol. The molecule has 1 aliphatic heterocycles. The van der Waals surface area contributed by atoms with Gasteiger partial charge in [-0.05, 0) is 31.4 Å². The number of benzene rings is 1. The van der Waals surface area contributed by atoms with Crippen LogP contribution in [0.2, 0.25) is 0 Å². The number of methoxy groups -OCH3 is 1. The number of rotatable bonds is 3. The van der Waals surface area contributed by atoms with E-state index in [1.54, 1.807) is 0 Å². The van der Waals surface area contributed by atoms with Gasteiger partial charge in [-0.2, -0.15) is 0 Å². The van der Waals surface area contributed by atoms with Crippen LogP contribution in [0.25, 0.3) is 0 Å². The first kappa shape index (κ1) is 13.1. The second-order valence-electron chi connectivity index (χ2n) is 4.67. The van der Waals surface area contributed by atoms with Crippen molar-refractivity contribution >= 4 is 5.97 Å². The summed E-state index contributed by atoms with van der Waals surface area (Å²) in [7, 11) is 1.35. The first-order valence-corrected chi connectivity index (χ1v) is 6.27. The van der Waals surface area contributed by atoms with Crippen molar-refractivity contribution in [2.75, 3.05) is 13.7 Å². The van der Waals surface area contributed by atoms with Gasteiger partial charge >= 0.3 is 5.97 Å². The lowest BCUT2D eigenvalue weighted by atomic mass is 9.83. The van der Waals surface area contributed by atoms with Crippen LogP contribution in [0, 0.1) is 0 Å². The van der Waals surface area contributed by atoms with E-state index < -0.39 is 17.6 Å². The van der Waals surface area contributed by atoms with Gasteiger partial charge in [-0.15, -0.1) is 0 Å². The molecule has 1 aromatic carbocycles. The summed E-state index contributed by atoms with van der Waals surface area (Å²) in [5.41, 5.74) is -0.423. The Morgan fingerprint density at radius 1 is 1.39 bits per heavy atom. The van der Waals surface area contributed by atoms with E-state index in [0.717, 1.165) is 24.9 Å². The van der Waals surface area contributed by atoms with Crippen LogP contribution in [0.3, 0.4) is 0 Å². The molecule has 1 aromatic rings. The highest BCUT2D eigenvalue weighted by Gasteiger charge is 2.43. The monoisotopic (exact) mass is 249 g/mol. The smallest absolute Gasteiger partial charge is 0.317 e. The van der Waals surface area contributed by atoms with E-state index in [-0.39, 0.29) is 0 Å². The quantitative estimate of drug-likeness (QED) is 0.795. The number of hydrogen-bond acceptors (Lipinski definition) is 4. The first-order chi connectivity index (χ1) is 8.67. The van der Waals surface area contributed by atoms with Crippen molar-refractivity contribution in [2.45, 2.75) is 30.9 Å². The molecule has 18 heavy (non-hydrogen) atoms. The molecule has 98 valence electrons. The average Bonchev–Trinajstić information content (AvgIpc) is 2.40. The maximum Gasteiger partial charge on any atom is 0.317 e. The zero-order valence-corrected chi connectivity index (χ0v) is 10.6. The second-order valence-corrected chi connectivity index (χ2v) is 4.67. The normalized spacial score (nSPS) is 25.4. The van der Waals surface area contributed by atoms with Gasteiger partial charge in [0.05, 0.1) is 7.11 Å². The number of esters is 1. The standard InChI is InChI=1S/C14H19NO3/c1-18-13(16)12(11-7-3-2-4-8-11)14(17)9-5-6-10-15-14/h2-4,7-8,12,15,17H,5-6,9-10H2,1H3/t12-,14+/m0/s1. The lowest BCUT2D eigenvalue weighted by molar-refractivity contribution is -0.153. The number of carbonyl (C=O) groups is 1. The highest BCUT2D eigenvalue weighted by molar-refractivity contribution is 5.79. The number of aliphatic hydroxyl groups is 1. The molecule has 0 aromatic heterocycles. The van der Waals surface area contributed by atoms with E-state index in [4.69, 9.17) is 4.74 Å². The Labute approximate surface area is 107 Å². The fraction of sp³-hybridized carbons (Fsp3) is 0.500. The predicted octanol–water partition coefficient (Wildman–Crippen LogP) is 1.41. The van der Waals surface area contributed by atoms with Crippen molar-refractivity contribution in [3.63, 3.8) is 0 Å². The molecule has 2 N–H and O–H groups in total. The van der Waals surface area contributed by atoms with Crippen LogP contribution in [0.1, 0.15) is 30.7 Å². The lowest BCUT2D eigenvalue weighted by Gasteiger charge is -2.38. The van der Waals surface area contributed by atoms with Gasteiger partial charge in [-0.25, -0.2) is 0 Å². The predicted molar refractivity (Wildman–Crippen MR) is 68.0 cm³/mol. The molecular weight excluding hydrogens is 230 g/mol. The van der Waals surface area contributed by atoms with Crippen LogP contribution in [0.5, 0.6) is 0 Å². The van der Waals surface area contributed by atoms with Crippen LogP contribution in [0.15, 0.2) is 30.3 Å². The molecule has 1 saturated heterocycles. The Bertz CT molecular complexity index is 399. The third-order valence-electron chi connectivity index (χ3n) is 3.46. The van der Waals surface area contributed by atoms with Crippen LogP contribution in [-0.2, 0) is 9.53 Å². The zero-order valence-electron chi connectivity index (χ0n) is 10.6. The molecule has 0 spiro atoms. The number of carbonyl (C=O) groups excluding carboxylic acids is 1. The third-order valence-corrected chi connectivity index (χ3v) is 3.46. The Hall–Kier alpha value is -1.39. The van der Waals surface area contributed by atoms with E-state index >= 15 is 0 Å². The minimum atomic E-state index is -1.20. The first-order valence-electron chi connectivity index (χ1n) is 6.27. The van der Waals surface area contributed by atoms with Gasteiger partial charge < -0.3 is 9.84 Å². The molecule has 0 aliphatic carbocycles. The molecule has 1 aliphatic rings. The van der Waals surface area contributed by atoms with E-state index in [1.165, 1.54) is 7.11 Å². The molecule has 2 atom stereocenters. The van der Waals surface area contributed by atoms with Crippen molar-refractivity contribution in [2.24, 2.45) is 0 Å². The van der Waals surface area contributed by atoms with Crippen LogP contribution >= 0.6 is 0 Å². The van der Waals surface area contributed by atoms with Crippen molar-refractivity contribution in [1.29, 1.82) is 0 Å². The molecule has 0 bridgehead atoms. The van der Waals surface area contributed by atoms with E-state index in [9.17, 15) is 9.90 Å². The molecule has 2 rings (SSSR count). The molecule has 0 saturated carbocycles. The molecule has 4 heteroatoms. The Morgan fingerprint density at radius 3 is 2.67 bits per heavy atom. The summed E-state index contributed by atoms with van der Waals surface area (Å²) in [6, 6.07) is 9.29. The van der Waals surface area contributed by atoms with Gasteiger partial charge in [-0.3, -0.25) is 10.1 Å². The van der Waals surface area contributed by atoms with E-state index in [2.05, 4.69) is 5.32 Å². The summed E-state index contributed by atoms with van der Waals surface area (Å²) in [4.78, 5) is 12.0. The lowest BCUT2D eigenvalue weighted by Crippen LogP contribution is -2.55. The van der Waals surface area contributed by atoms with Gasteiger partial charge in [0.2, 0.25) is 0 Å². The summed E-state index contributed by atoms with van der Waals surface area (Å²) in [6.45, 7) is 0.719. The molecule has 0 amide bonds. The maximum absolute atomic E-state index is 12.0. The molecule has 4 nitrogen and oxygen atoms in total. The molecule has 1 heterocycles. The van der Waals surface area contributed by atoms with Gasteiger partial charge in [0.25, 0.3) is 0 Å². The van der Waals surface area contributed by atoms with E-state index in [0.29, 0.717) is 6.42 Å². The fourth-order valence-corrected chi connectivity index (χ4v) is 2.53. The summed E-state index contributed by atoms with van der Waals surface area (Å²) >= 11 is 0. The SMILES string of the molecule is COC(=O)[C@H](c1ccccc1)[C@]1(O)CCCCN1. The van der Waals surface area contributed by atoms with Crippen LogP contribution in [0.4, 0.5) is 0 Å². The van der Waals surface area contributed by atoms with Crippen LogP contribution in [-0.4, -0.2) is 30.5 Å². The minimum absolute atomic E-state index is 0.405. The summed E-state index contributed by atoms with van der Waals surface area (Å²) in [5, 5.41) is 13.7. The molecule has 0 unspecified atom stereocenters. The van der Waals surface area contributed by atoms with Crippen molar-refractivity contribution < 1.29 is 14.6 Å². The molecule has 0 radical (unpaired) electrons. The molecular formula is C14H19NO3. The number of nitrogens with one attached hydrogen (secondary N) is 1. The number of ether oxygens (including phenoxy) is 1. The Balaban J connectivity index is 2.33. The summed E-state index contributed by atoms with van der Waals surface area (Å²) in [5.74, 6) is -1.08. The van der Waals surface area contributed by atoms with Crippen molar-refractivity contribution in [3.05, 3.63) is 35.9 Å². The van der Waals surface area contributed by atoms with Gasteiger partial charge in [0, 0.05) is 0 Å². The van der Waals surface area contributed by atoms with Crippen molar-refractivity contribution in [3.8, 4) is 0 Å². The van der Waals surface area contributed by atoms with Gasteiger partial charge in [0.15, 0.2) is 0 Å². The van der Waals surface area contributed by atoms with E-state index in [1.807, 2.05) is 30.3 Å². The Morgan fingerprint density at radius 2 is 2.11 bits per heavy atom. The number of piperidine rings is 1. The fourth-order valence-electron chi connectivity index (χ4n) is 2.53. The Kier molecular flexibility index (Phi) is 3.99. The minimum Gasteiger partial charge on any atom is -0.468 e. The third kappa shape index (κ3) is 2.54. The summed E-state index contributed by atoms with van der Waals surface area (Å²) < 4.78 is 4.85. The second kappa shape index (κ2) is 5.50. The van der Waals surface area contributed by atoms with Gasteiger partial charge in [-0.1, -0.05) is 30.3 Å². The maximum atomic E-state index is 12.0. The largest absolute Gasteiger partial charge is 0.468 e. The van der Waals surface area contributed by atoms with Gasteiger partial charge in [0.1, 0.15) is 11.6 Å². The molecule has 1 fully saturated rings. The highest BCUT2D eigenvalue weighted by Crippen LogP contribution is 2.33. The topological polar surface area (TPSA) is 58.6 Å². The summed E-state index contributed by atoms with van der Waals surface area (Å²) in [6.07, 6.45) is 2.48. The van der Waals surface area contributed by atoms with Crippen molar-refractivity contribution in [1.82, 2.24) is 5.32 Å². The zero-order chi connectivity index (χ0) is 13.0. The highest BCUT2D eigenvalue weighted by atomic mass is 16.5.